The lowest BCUT2D eigenvalue weighted by Crippen LogP contribution is -2.34. The van der Waals surface area contributed by atoms with Gasteiger partial charge >= 0.3 is 0 Å². The molecule has 0 fully saturated rings. The number of halogens is 1. The molecular weight excluding hydrogens is 344 g/mol. The van der Waals surface area contributed by atoms with Crippen LogP contribution in [-0.2, 0) is 10.0 Å². The maximum atomic E-state index is 12.4. The molecule has 1 heterocycles. The summed E-state index contributed by atoms with van der Waals surface area (Å²) in [5.41, 5.74) is 2.30. The van der Waals surface area contributed by atoms with Gasteiger partial charge in [0.1, 0.15) is 4.90 Å². The number of aromatic nitrogens is 1. The Hall–Kier alpha value is -0.700. The lowest BCUT2D eigenvalue weighted by molar-refractivity contribution is 0.445. The van der Waals surface area contributed by atoms with Gasteiger partial charge in [-0.15, -0.1) is 0 Å². The van der Waals surface area contributed by atoms with E-state index in [-0.39, 0.29) is 16.8 Å². The summed E-state index contributed by atoms with van der Waals surface area (Å²) in [6.45, 7) is 6.03. The molecule has 0 radical (unpaired) electrons. The van der Waals surface area contributed by atoms with Crippen molar-refractivity contribution in [1.82, 2.24) is 9.71 Å². The average Bonchev–Trinajstić information content (AvgIpc) is 2.37. The van der Waals surface area contributed by atoms with E-state index in [1.165, 1.54) is 12.3 Å². The first-order valence-electron chi connectivity index (χ1n) is 6.44. The smallest absolute Gasteiger partial charge is 0.244 e. The van der Waals surface area contributed by atoms with E-state index >= 15 is 0 Å². The first kappa shape index (κ1) is 17.4. The van der Waals surface area contributed by atoms with Crippen LogP contribution >= 0.6 is 15.9 Å². The molecule has 1 aromatic rings. The predicted octanol–water partition coefficient (Wildman–Crippen LogP) is 2.23. The largest absolute Gasteiger partial charge is 0.307 e. The van der Waals surface area contributed by atoms with Crippen molar-refractivity contribution in [3.05, 3.63) is 16.7 Å². The highest BCUT2D eigenvalue weighted by molar-refractivity contribution is 9.10. The second-order valence-electron chi connectivity index (χ2n) is 4.92. The van der Waals surface area contributed by atoms with Crippen LogP contribution in [0.2, 0.25) is 0 Å². The minimum atomic E-state index is -3.66. The highest BCUT2D eigenvalue weighted by Gasteiger charge is 2.22. The van der Waals surface area contributed by atoms with Gasteiger partial charge in [0.2, 0.25) is 10.0 Å². The number of pyridine rings is 1. The van der Waals surface area contributed by atoms with Gasteiger partial charge in [-0.1, -0.05) is 20.3 Å². The molecule has 20 heavy (non-hydrogen) atoms. The van der Waals surface area contributed by atoms with E-state index in [2.05, 4.69) is 44.9 Å². The highest BCUT2D eigenvalue weighted by Crippen LogP contribution is 2.23. The zero-order valence-corrected chi connectivity index (χ0v) is 14.3. The third-order valence-corrected chi connectivity index (χ3v) is 5.09. The van der Waals surface area contributed by atoms with E-state index in [1.54, 1.807) is 0 Å². The minimum absolute atomic E-state index is 0.0328. The molecule has 4 N–H and O–H groups in total. The Bertz CT molecular complexity index is 550. The third-order valence-electron chi connectivity index (χ3n) is 3.05. The van der Waals surface area contributed by atoms with Crippen LogP contribution < -0.4 is 16.0 Å². The fraction of sp³-hybridized carbons (Fsp3) is 0.583. The quantitative estimate of drug-likeness (QED) is 0.509. The summed E-state index contributed by atoms with van der Waals surface area (Å²) < 4.78 is 28.0. The zero-order valence-electron chi connectivity index (χ0n) is 11.9. The van der Waals surface area contributed by atoms with Crippen molar-refractivity contribution >= 4 is 31.8 Å². The van der Waals surface area contributed by atoms with Crippen LogP contribution in [0, 0.1) is 5.92 Å². The van der Waals surface area contributed by atoms with E-state index in [0.29, 0.717) is 10.4 Å². The topological polar surface area (TPSA) is 97.1 Å². The van der Waals surface area contributed by atoms with Crippen LogP contribution in [0.1, 0.15) is 33.6 Å². The fourth-order valence-electron chi connectivity index (χ4n) is 1.88. The monoisotopic (exact) mass is 364 g/mol. The molecule has 6 nitrogen and oxygen atoms in total. The van der Waals surface area contributed by atoms with Gasteiger partial charge in [0.25, 0.3) is 0 Å². The molecule has 114 valence electrons. The van der Waals surface area contributed by atoms with Crippen molar-refractivity contribution in [3.63, 3.8) is 0 Å². The Labute approximate surface area is 128 Å². The molecule has 2 unspecified atom stereocenters. The number of hydrazine groups is 1. The number of nitrogens with two attached hydrogens (primary N) is 1. The SMILES string of the molecule is CCC(C)CC(C)NS(=O)(=O)c1cc(Br)cnc1NN. The molecule has 1 aromatic heterocycles. The van der Waals surface area contributed by atoms with Crippen LogP contribution in [0.25, 0.3) is 0 Å². The van der Waals surface area contributed by atoms with Crippen LogP contribution in [0.3, 0.4) is 0 Å². The third kappa shape index (κ3) is 4.69. The molecule has 0 bridgehead atoms. The molecule has 0 aliphatic rings. The van der Waals surface area contributed by atoms with E-state index in [0.717, 1.165) is 12.8 Å². The van der Waals surface area contributed by atoms with Crippen molar-refractivity contribution in [1.29, 1.82) is 0 Å². The Kier molecular flexibility index (Phi) is 6.38. The molecule has 0 aliphatic heterocycles. The molecule has 8 heteroatoms. The van der Waals surface area contributed by atoms with Crippen LogP contribution in [-0.4, -0.2) is 19.4 Å². The van der Waals surface area contributed by atoms with Crippen LogP contribution in [0.15, 0.2) is 21.6 Å². The lowest BCUT2D eigenvalue weighted by atomic mass is 10.0. The molecule has 0 amide bonds. The summed E-state index contributed by atoms with van der Waals surface area (Å²) >= 11 is 3.21. The summed E-state index contributed by atoms with van der Waals surface area (Å²) in [5.74, 6) is 5.89. The first-order valence-corrected chi connectivity index (χ1v) is 8.72. The minimum Gasteiger partial charge on any atom is -0.307 e. The number of anilines is 1. The maximum Gasteiger partial charge on any atom is 0.244 e. The molecule has 0 aromatic carbocycles. The Morgan fingerprint density at radius 2 is 2.10 bits per heavy atom. The van der Waals surface area contributed by atoms with Gasteiger partial charge in [0.15, 0.2) is 5.82 Å². The molecule has 0 saturated carbocycles. The molecule has 0 spiro atoms. The predicted molar refractivity (Wildman–Crippen MR) is 83.6 cm³/mol. The molecule has 0 saturated heterocycles. The van der Waals surface area contributed by atoms with E-state index in [9.17, 15) is 8.42 Å². The molecule has 2 atom stereocenters. The number of hydrogen-bond donors (Lipinski definition) is 3. The summed E-state index contributed by atoms with van der Waals surface area (Å²) in [6.07, 6.45) is 3.28. The number of nitrogens with zero attached hydrogens (tertiary/aromatic N) is 1. The second kappa shape index (κ2) is 7.35. The molecular formula is C12H21BrN4O2S. The molecule has 0 aliphatic carbocycles. The summed E-state index contributed by atoms with van der Waals surface area (Å²) in [4.78, 5) is 3.98. The standard InChI is InChI=1S/C12H21BrN4O2S/c1-4-8(2)5-9(3)17-20(18,19)11-6-10(13)7-15-12(11)16-14/h6-9,17H,4-5,14H2,1-3H3,(H,15,16). The van der Waals surface area contributed by atoms with Gasteiger partial charge in [-0.2, -0.15) is 0 Å². The van der Waals surface area contributed by atoms with Gasteiger partial charge in [-0.05, 0) is 41.3 Å². The number of sulfonamides is 1. The van der Waals surface area contributed by atoms with Gasteiger partial charge in [0, 0.05) is 16.7 Å². The highest BCUT2D eigenvalue weighted by atomic mass is 79.9. The van der Waals surface area contributed by atoms with Crippen molar-refractivity contribution in [2.24, 2.45) is 11.8 Å². The number of nitrogens with one attached hydrogen (secondary N) is 2. The fourth-order valence-corrected chi connectivity index (χ4v) is 3.76. The van der Waals surface area contributed by atoms with E-state index in [1.807, 2.05) is 6.92 Å². The van der Waals surface area contributed by atoms with Crippen molar-refractivity contribution < 1.29 is 8.42 Å². The van der Waals surface area contributed by atoms with Crippen molar-refractivity contribution in [3.8, 4) is 0 Å². The van der Waals surface area contributed by atoms with Crippen molar-refractivity contribution in [2.75, 3.05) is 5.43 Å². The maximum absolute atomic E-state index is 12.4. The van der Waals surface area contributed by atoms with Crippen molar-refractivity contribution in [2.45, 2.75) is 44.6 Å². The Morgan fingerprint density at radius 1 is 1.45 bits per heavy atom. The summed E-state index contributed by atoms with van der Waals surface area (Å²) in [6, 6.07) is 1.32. The number of nitrogen functional groups attached to an aromatic ring is 1. The van der Waals surface area contributed by atoms with Gasteiger partial charge in [-0.25, -0.2) is 24.0 Å². The van der Waals surface area contributed by atoms with Gasteiger partial charge in [-0.3, -0.25) is 0 Å². The molecule has 1 rings (SSSR count). The first-order chi connectivity index (χ1) is 9.30. The van der Waals surface area contributed by atoms with Gasteiger partial charge in [0.05, 0.1) is 0 Å². The number of hydrogen-bond acceptors (Lipinski definition) is 5. The zero-order chi connectivity index (χ0) is 15.3. The van der Waals surface area contributed by atoms with E-state index in [4.69, 9.17) is 5.84 Å². The lowest BCUT2D eigenvalue weighted by Gasteiger charge is -2.18. The van der Waals surface area contributed by atoms with E-state index < -0.39 is 10.0 Å². The Balaban J connectivity index is 2.96. The second-order valence-corrected chi connectivity index (χ2v) is 7.51. The van der Waals surface area contributed by atoms with Crippen LogP contribution in [0.4, 0.5) is 5.82 Å². The average molecular weight is 365 g/mol. The number of rotatable bonds is 7. The summed E-state index contributed by atoms with van der Waals surface area (Å²) in [7, 11) is -3.66. The Morgan fingerprint density at radius 3 is 2.65 bits per heavy atom. The van der Waals surface area contributed by atoms with Crippen LogP contribution in [0.5, 0.6) is 0 Å². The normalized spacial score (nSPS) is 14.8. The summed E-state index contributed by atoms with van der Waals surface area (Å²) in [5, 5.41) is 0. The van der Waals surface area contributed by atoms with Gasteiger partial charge < -0.3 is 5.43 Å².